The van der Waals surface area contributed by atoms with Gasteiger partial charge in [-0.3, -0.25) is 10.1 Å². The quantitative estimate of drug-likeness (QED) is 0.616. The molecule has 2 N–H and O–H groups in total. The fourth-order valence-corrected chi connectivity index (χ4v) is 3.15. The molecule has 1 unspecified atom stereocenters. The highest BCUT2D eigenvalue weighted by molar-refractivity contribution is 5.63. The monoisotopic (exact) mass is 294 g/mol. The summed E-state index contributed by atoms with van der Waals surface area (Å²) in [6, 6.07) is 5.01. The van der Waals surface area contributed by atoms with Gasteiger partial charge in [-0.25, -0.2) is 0 Å². The normalized spacial score (nSPS) is 17.9. The van der Waals surface area contributed by atoms with Crippen LogP contribution in [0.1, 0.15) is 25.8 Å². The van der Waals surface area contributed by atoms with Crippen molar-refractivity contribution in [2.45, 2.75) is 32.7 Å². The van der Waals surface area contributed by atoms with Crippen molar-refractivity contribution in [3.8, 4) is 0 Å². The highest BCUT2D eigenvalue weighted by atomic mass is 16.6. The minimum atomic E-state index is -0.386. The Kier molecular flexibility index (Phi) is 4.49. The number of non-ortho nitro benzene ring substituents is 1. The van der Waals surface area contributed by atoms with Crippen molar-refractivity contribution in [3.63, 3.8) is 0 Å². The number of aliphatic hydroxyl groups excluding tert-OH is 2. The number of hydrogen-bond acceptors (Lipinski definition) is 5. The van der Waals surface area contributed by atoms with Gasteiger partial charge in [-0.15, -0.1) is 0 Å². The Labute approximate surface area is 124 Å². The second kappa shape index (κ2) is 5.99. The summed E-state index contributed by atoms with van der Waals surface area (Å²) in [5, 5.41) is 29.5. The van der Waals surface area contributed by atoms with Gasteiger partial charge in [0, 0.05) is 37.0 Å². The Morgan fingerprint density at radius 1 is 1.38 bits per heavy atom. The summed E-state index contributed by atoms with van der Waals surface area (Å²) >= 11 is 0. The molecule has 0 saturated heterocycles. The van der Waals surface area contributed by atoms with Gasteiger partial charge in [-0.1, -0.05) is 13.8 Å². The SMILES string of the molecule is CC(C)(CCO)C1Cc2cc([N+](=O)[O-])ccc2N1CCO. The number of hydrogen-bond donors (Lipinski definition) is 2. The molecule has 0 fully saturated rings. The highest BCUT2D eigenvalue weighted by Crippen LogP contribution is 2.42. The van der Waals surface area contributed by atoms with Crippen molar-refractivity contribution in [1.82, 2.24) is 0 Å². The van der Waals surface area contributed by atoms with Crippen molar-refractivity contribution in [3.05, 3.63) is 33.9 Å². The maximum absolute atomic E-state index is 10.9. The topological polar surface area (TPSA) is 86.8 Å². The second-order valence-corrected chi connectivity index (χ2v) is 6.17. The van der Waals surface area contributed by atoms with Crippen molar-refractivity contribution >= 4 is 11.4 Å². The molecule has 1 aliphatic rings. The van der Waals surface area contributed by atoms with E-state index in [-0.39, 0.29) is 35.3 Å². The van der Waals surface area contributed by atoms with Crippen LogP contribution in [-0.2, 0) is 6.42 Å². The fourth-order valence-electron chi connectivity index (χ4n) is 3.15. The third-order valence-corrected chi connectivity index (χ3v) is 4.37. The first kappa shape index (κ1) is 15.7. The van der Waals surface area contributed by atoms with E-state index in [9.17, 15) is 20.3 Å². The minimum Gasteiger partial charge on any atom is -0.396 e. The van der Waals surface area contributed by atoms with Crippen LogP contribution in [0.3, 0.4) is 0 Å². The Morgan fingerprint density at radius 2 is 2.10 bits per heavy atom. The van der Waals surface area contributed by atoms with E-state index < -0.39 is 0 Å². The van der Waals surface area contributed by atoms with Crippen LogP contribution >= 0.6 is 0 Å². The maximum Gasteiger partial charge on any atom is 0.269 e. The molecular formula is C15H22N2O4. The standard InChI is InChI=1S/C15H22N2O4/c1-15(2,5-7-18)14-10-11-9-12(17(20)21)3-4-13(11)16(14)6-8-19/h3-4,9,14,18-19H,5-8,10H2,1-2H3. The number of nitrogens with zero attached hydrogens (tertiary/aromatic N) is 2. The number of β-amino-alcohol motifs (C(OH)–C–C–N with tert-alkyl or cyclic N) is 1. The first-order valence-corrected chi connectivity index (χ1v) is 7.16. The number of rotatable bonds is 6. The molecule has 1 heterocycles. The summed E-state index contributed by atoms with van der Waals surface area (Å²) in [6.45, 7) is 4.79. The molecule has 1 aliphatic heterocycles. The Morgan fingerprint density at radius 3 is 2.67 bits per heavy atom. The molecule has 21 heavy (non-hydrogen) atoms. The minimum absolute atomic E-state index is 0.0299. The van der Waals surface area contributed by atoms with Crippen LogP contribution in [0.5, 0.6) is 0 Å². The number of fused-ring (bicyclic) bond motifs is 1. The molecule has 0 radical (unpaired) electrons. The summed E-state index contributed by atoms with van der Waals surface area (Å²) < 4.78 is 0. The lowest BCUT2D eigenvalue weighted by Crippen LogP contribution is -2.45. The van der Waals surface area contributed by atoms with Gasteiger partial charge in [-0.05, 0) is 29.9 Å². The Hall–Kier alpha value is -1.66. The lowest BCUT2D eigenvalue weighted by Gasteiger charge is -2.39. The molecule has 6 heteroatoms. The largest absolute Gasteiger partial charge is 0.396 e. The Balaban J connectivity index is 2.36. The highest BCUT2D eigenvalue weighted by Gasteiger charge is 2.39. The maximum atomic E-state index is 10.9. The van der Waals surface area contributed by atoms with Gasteiger partial charge in [0.2, 0.25) is 0 Å². The molecule has 1 atom stereocenters. The lowest BCUT2D eigenvalue weighted by atomic mass is 9.79. The van der Waals surface area contributed by atoms with Gasteiger partial charge in [-0.2, -0.15) is 0 Å². The van der Waals surface area contributed by atoms with E-state index in [1.165, 1.54) is 6.07 Å². The van der Waals surface area contributed by atoms with E-state index >= 15 is 0 Å². The van der Waals surface area contributed by atoms with Gasteiger partial charge in [0.1, 0.15) is 0 Å². The van der Waals surface area contributed by atoms with Gasteiger partial charge >= 0.3 is 0 Å². The summed E-state index contributed by atoms with van der Waals surface area (Å²) in [6.07, 6.45) is 1.35. The average molecular weight is 294 g/mol. The molecule has 1 aromatic rings. The molecule has 0 saturated carbocycles. The van der Waals surface area contributed by atoms with Crippen LogP contribution in [0.2, 0.25) is 0 Å². The van der Waals surface area contributed by atoms with Gasteiger partial charge in [0.25, 0.3) is 5.69 Å². The zero-order valence-corrected chi connectivity index (χ0v) is 12.5. The first-order chi connectivity index (χ1) is 9.90. The van der Waals surface area contributed by atoms with E-state index in [2.05, 4.69) is 18.7 Å². The average Bonchev–Trinajstić information content (AvgIpc) is 2.78. The van der Waals surface area contributed by atoms with Crippen LogP contribution in [0, 0.1) is 15.5 Å². The number of nitro benzene ring substituents is 1. The van der Waals surface area contributed by atoms with Crippen LogP contribution in [-0.4, -0.2) is 40.9 Å². The summed E-state index contributed by atoms with van der Waals surface area (Å²) in [5.41, 5.74) is 1.84. The van der Waals surface area contributed by atoms with Crippen LogP contribution in [0.15, 0.2) is 18.2 Å². The number of anilines is 1. The third kappa shape index (κ3) is 3.01. The molecule has 0 aliphatic carbocycles. The van der Waals surface area contributed by atoms with E-state index in [0.717, 1.165) is 11.3 Å². The zero-order chi connectivity index (χ0) is 15.6. The molecule has 116 valence electrons. The lowest BCUT2D eigenvalue weighted by molar-refractivity contribution is -0.384. The van der Waals surface area contributed by atoms with Crippen LogP contribution in [0.4, 0.5) is 11.4 Å². The van der Waals surface area contributed by atoms with Gasteiger partial charge < -0.3 is 15.1 Å². The fraction of sp³-hybridized carbons (Fsp3) is 0.600. The molecule has 0 spiro atoms. The summed E-state index contributed by atoms with van der Waals surface area (Å²) in [7, 11) is 0. The predicted octanol–water partition coefficient (Wildman–Crippen LogP) is 1.73. The second-order valence-electron chi connectivity index (χ2n) is 6.17. The number of aliphatic hydroxyl groups is 2. The predicted molar refractivity (Wildman–Crippen MR) is 80.5 cm³/mol. The van der Waals surface area contributed by atoms with Gasteiger partial charge in [0.15, 0.2) is 0 Å². The number of nitro groups is 1. The van der Waals surface area contributed by atoms with Crippen LogP contribution < -0.4 is 4.90 Å². The molecule has 0 bridgehead atoms. The van der Waals surface area contributed by atoms with Crippen molar-refractivity contribution in [2.75, 3.05) is 24.7 Å². The summed E-state index contributed by atoms with van der Waals surface area (Å²) in [5.74, 6) is 0. The molecule has 0 amide bonds. The smallest absolute Gasteiger partial charge is 0.269 e. The van der Waals surface area contributed by atoms with E-state index in [4.69, 9.17) is 0 Å². The van der Waals surface area contributed by atoms with E-state index in [1.807, 2.05) is 0 Å². The first-order valence-electron chi connectivity index (χ1n) is 7.16. The van der Waals surface area contributed by atoms with Gasteiger partial charge in [0.05, 0.1) is 11.5 Å². The number of benzene rings is 1. The van der Waals surface area contributed by atoms with E-state index in [0.29, 0.717) is 19.4 Å². The van der Waals surface area contributed by atoms with Crippen molar-refractivity contribution in [1.29, 1.82) is 0 Å². The van der Waals surface area contributed by atoms with Crippen molar-refractivity contribution < 1.29 is 15.1 Å². The molecule has 1 aromatic carbocycles. The zero-order valence-electron chi connectivity index (χ0n) is 12.5. The van der Waals surface area contributed by atoms with Crippen molar-refractivity contribution in [2.24, 2.45) is 5.41 Å². The third-order valence-electron chi connectivity index (χ3n) is 4.37. The molecule has 2 rings (SSSR count). The van der Waals surface area contributed by atoms with E-state index in [1.54, 1.807) is 12.1 Å². The molecular weight excluding hydrogens is 272 g/mol. The summed E-state index contributed by atoms with van der Waals surface area (Å²) in [4.78, 5) is 12.6. The molecule has 0 aromatic heterocycles. The molecule has 6 nitrogen and oxygen atoms in total. The van der Waals surface area contributed by atoms with Crippen LogP contribution in [0.25, 0.3) is 0 Å². The Bertz CT molecular complexity index is 530.